The zero-order valence-corrected chi connectivity index (χ0v) is 15.0. The summed E-state index contributed by atoms with van der Waals surface area (Å²) >= 11 is 4.52. The van der Waals surface area contributed by atoms with Gasteiger partial charge in [-0.15, -0.1) is 0 Å². The molecule has 0 rings (SSSR count). The molecule has 5 heteroatoms. The van der Waals surface area contributed by atoms with Crippen molar-refractivity contribution in [1.82, 2.24) is 0 Å². The van der Waals surface area contributed by atoms with Crippen LogP contribution in [0.5, 0.6) is 0 Å². The molecule has 0 aliphatic carbocycles. The Morgan fingerprint density at radius 2 is 1.38 bits per heavy atom. The maximum absolute atomic E-state index is 5.72. The fraction of sp³-hybridized carbons (Fsp3) is 1.00. The van der Waals surface area contributed by atoms with E-state index in [1.165, 1.54) is 12.8 Å². The van der Waals surface area contributed by atoms with Crippen molar-refractivity contribution in [2.75, 3.05) is 26.4 Å². The summed E-state index contributed by atoms with van der Waals surface area (Å²) in [6.45, 7) is 8.43. The predicted octanol–water partition coefficient (Wildman–Crippen LogP) is 3.74. The van der Waals surface area contributed by atoms with Gasteiger partial charge in [-0.1, -0.05) is 19.3 Å². The van der Waals surface area contributed by atoms with Crippen molar-refractivity contribution < 1.29 is 14.2 Å². The first-order valence-corrected chi connectivity index (χ1v) is 8.95. The Bertz CT molecular complexity index is 213. The quantitative estimate of drug-likeness (QED) is 0.274. The molecule has 0 heterocycles. The molecule has 0 aromatic rings. The van der Waals surface area contributed by atoms with E-state index in [4.69, 9.17) is 19.9 Å². The minimum atomic E-state index is -0.843. The van der Waals surface area contributed by atoms with Gasteiger partial charge in [0.05, 0.1) is 0 Å². The van der Waals surface area contributed by atoms with E-state index in [1.807, 2.05) is 20.8 Å². The largest absolute Gasteiger partial charge is 0.330 e. The number of hydrogen-bond acceptors (Lipinski definition) is 5. The Kier molecular flexibility index (Phi) is 14.0. The Morgan fingerprint density at radius 3 is 1.86 bits per heavy atom. The van der Waals surface area contributed by atoms with Crippen LogP contribution in [-0.2, 0) is 14.2 Å². The molecule has 1 atom stereocenters. The fourth-order valence-corrected chi connectivity index (χ4v) is 2.74. The van der Waals surface area contributed by atoms with E-state index in [1.54, 1.807) is 0 Å². The molecule has 21 heavy (non-hydrogen) atoms. The lowest BCUT2D eigenvalue weighted by Crippen LogP contribution is -2.39. The average Bonchev–Trinajstić information content (AvgIpc) is 2.44. The second-order valence-corrected chi connectivity index (χ2v) is 5.90. The summed E-state index contributed by atoms with van der Waals surface area (Å²) in [5, 5.41) is 0.448. The van der Waals surface area contributed by atoms with Crippen molar-refractivity contribution in [3.8, 4) is 0 Å². The second kappa shape index (κ2) is 13.8. The number of hydrogen-bond donors (Lipinski definition) is 2. The third-order valence-corrected chi connectivity index (χ3v) is 3.88. The molecule has 0 spiro atoms. The van der Waals surface area contributed by atoms with Crippen LogP contribution in [-0.4, -0.2) is 37.6 Å². The Hall–Kier alpha value is 0.190. The highest BCUT2D eigenvalue weighted by Gasteiger charge is 2.31. The standard InChI is InChI=1S/C16H35NO3S/c1-4-18-16(19-5-2,20-6-3)13-10-8-7-9-11-15(21)12-14-17/h15,21H,4-14,17H2,1-3H3. The molecule has 0 aromatic heterocycles. The zero-order valence-electron chi connectivity index (χ0n) is 14.1. The zero-order chi connectivity index (χ0) is 16.0. The van der Waals surface area contributed by atoms with Gasteiger partial charge in [-0.2, -0.15) is 12.6 Å². The van der Waals surface area contributed by atoms with Crippen molar-refractivity contribution in [3.63, 3.8) is 0 Å². The molecule has 0 saturated carbocycles. The molecule has 4 nitrogen and oxygen atoms in total. The summed E-state index contributed by atoms with van der Waals surface area (Å²) < 4.78 is 17.1. The third kappa shape index (κ3) is 10.5. The lowest BCUT2D eigenvalue weighted by Gasteiger charge is -2.32. The van der Waals surface area contributed by atoms with Gasteiger partial charge in [-0.05, 0) is 46.6 Å². The van der Waals surface area contributed by atoms with Gasteiger partial charge >= 0.3 is 0 Å². The van der Waals surface area contributed by atoms with E-state index >= 15 is 0 Å². The molecule has 0 fully saturated rings. The molecule has 2 N–H and O–H groups in total. The number of nitrogens with two attached hydrogens (primary N) is 1. The molecular weight excluding hydrogens is 286 g/mol. The lowest BCUT2D eigenvalue weighted by atomic mass is 10.1. The molecule has 0 amide bonds. The lowest BCUT2D eigenvalue weighted by molar-refractivity contribution is -0.380. The van der Waals surface area contributed by atoms with E-state index in [9.17, 15) is 0 Å². The Morgan fingerprint density at radius 1 is 0.857 bits per heavy atom. The van der Waals surface area contributed by atoms with Crippen molar-refractivity contribution in [1.29, 1.82) is 0 Å². The molecule has 0 saturated heterocycles. The first-order valence-electron chi connectivity index (χ1n) is 8.44. The molecule has 0 radical (unpaired) electrons. The minimum Gasteiger partial charge on any atom is -0.330 e. The number of rotatable bonds is 15. The fourth-order valence-electron chi connectivity index (χ4n) is 2.41. The van der Waals surface area contributed by atoms with Crippen LogP contribution >= 0.6 is 12.6 Å². The monoisotopic (exact) mass is 321 g/mol. The van der Waals surface area contributed by atoms with Crippen LogP contribution in [0.25, 0.3) is 0 Å². The number of unbranched alkanes of at least 4 members (excludes halogenated alkanes) is 3. The van der Waals surface area contributed by atoms with Crippen LogP contribution < -0.4 is 5.73 Å². The highest BCUT2D eigenvalue weighted by molar-refractivity contribution is 7.80. The topological polar surface area (TPSA) is 53.7 Å². The van der Waals surface area contributed by atoms with Gasteiger partial charge in [0.25, 0.3) is 5.97 Å². The molecule has 128 valence electrons. The van der Waals surface area contributed by atoms with Gasteiger partial charge in [0, 0.05) is 31.5 Å². The summed E-state index contributed by atoms with van der Waals surface area (Å²) in [7, 11) is 0. The summed E-state index contributed by atoms with van der Waals surface area (Å²) in [5.74, 6) is -0.843. The van der Waals surface area contributed by atoms with E-state index < -0.39 is 5.97 Å². The molecule has 0 aliphatic rings. The molecule has 1 unspecified atom stereocenters. The van der Waals surface area contributed by atoms with Crippen LogP contribution in [0.4, 0.5) is 0 Å². The van der Waals surface area contributed by atoms with E-state index in [-0.39, 0.29) is 0 Å². The predicted molar refractivity (Wildman–Crippen MR) is 91.8 cm³/mol. The summed E-state index contributed by atoms with van der Waals surface area (Å²) in [6.07, 6.45) is 7.57. The molecule has 0 aliphatic heterocycles. The maximum Gasteiger partial charge on any atom is 0.282 e. The first-order chi connectivity index (χ1) is 10.1. The third-order valence-electron chi connectivity index (χ3n) is 3.36. The average molecular weight is 322 g/mol. The van der Waals surface area contributed by atoms with E-state index in [2.05, 4.69) is 12.6 Å². The maximum atomic E-state index is 5.72. The van der Waals surface area contributed by atoms with Crippen LogP contribution in [0.15, 0.2) is 0 Å². The van der Waals surface area contributed by atoms with Crippen LogP contribution in [0, 0.1) is 0 Å². The highest BCUT2D eigenvalue weighted by atomic mass is 32.1. The minimum absolute atomic E-state index is 0.448. The van der Waals surface area contributed by atoms with Gasteiger partial charge in [-0.25, -0.2) is 0 Å². The summed E-state index contributed by atoms with van der Waals surface area (Å²) in [5.41, 5.74) is 5.52. The van der Waals surface area contributed by atoms with Gasteiger partial charge in [0.15, 0.2) is 0 Å². The van der Waals surface area contributed by atoms with Crippen LogP contribution in [0.3, 0.4) is 0 Å². The molecule has 0 bridgehead atoms. The van der Waals surface area contributed by atoms with Crippen LogP contribution in [0.2, 0.25) is 0 Å². The Balaban J connectivity index is 3.91. The summed E-state index contributed by atoms with van der Waals surface area (Å²) in [6, 6.07) is 0. The van der Waals surface area contributed by atoms with Crippen molar-refractivity contribution in [2.24, 2.45) is 5.73 Å². The van der Waals surface area contributed by atoms with Gasteiger partial charge in [0.2, 0.25) is 0 Å². The van der Waals surface area contributed by atoms with Crippen LogP contribution in [0.1, 0.15) is 65.7 Å². The summed E-state index contributed by atoms with van der Waals surface area (Å²) in [4.78, 5) is 0. The smallest absolute Gasteiger partial charge is 0.282 e. The highest BCUT2D eigenvalue weighted by Crippen LogP contribution is 2.24. The normalized spacial score (nSPS) is 13.6. The molecular formula is C16H35NO3S. The Labute approximate surface area is 136 Å². The SMILES string of the molecule is CCOC(CCCCCCC(S)CCN)(OCC)OCC. The van der Waals surface area contributed by atoms with E-state index in [0.717, 1.165) is 38.6 Å². The number of thiol groups is 1. The molecule has 0 aromatic carbocycles. The van der Waals surface area contributed by atoms with Gasteiger partial charge in [-0.3, -0.25) is 0 Å². The van der Waals surface area contributed by atoms with Crippen molar-refractivity contribution >= 4 is 12.6 Å². The van der Waals surface area contributed by atoms with Crippen molar-refractivity contribution in [2.45, 2.75) is 76.9 Å². The number of ether oxygens (including phenoxy) is 3. The van der Waals surface area contributed by atoms with Crippen molar-refractivity contribution in [3.05, 3.63) is 0 Å². The van der Waals surface area contributed by atoms with Gasteiger partial charge < -0.3 is 19.9 Å². The first kappa shape index (κ1) is 21.2. The van der Waals surface area contributed by atoms with Gasteiger partial charge in [0.1, 0.15) is 0 Å². The second-order valence-electron chi connectivity index (χ2n) is 5.17. The van der Waals surface area contributed by atoms with E-state index in [0.29, 0.717) is 25.1 Å².